The van der Waals surface area contributed by atoms with E-state index in [0.29, 0.717) is 6.54 Å². The van der Waals surface area contributed by atoms with Crippen LogP contribution in [-0.2, 0) is 14.3 Å². The SMILES string of the molecule is CCCNC(C)(COCC(F)(F)F)C(=O)OC. The van der Waals surface area contributed by atoms with E-state index in [-0.39, 0.29) is 6.61 Å². The smallest absolute Gasteiger partial charge is 0.411 e. The molecule has 0 radical (unpaired) electrons. The molecule has 0 aromatic heterocycles. The first-order chi connectivity index (χ1) is 7.75. The van der Waals surface area contributed by atoms with Gasteiger partial charge in [-0.3, -0.25) is 0 Å². The zero-order valence-electron chi connectivity index (χ0n) is 10.2. The summed E-state index contributed by atoms with van der Waals surface area (Å²) < 4.78 is 44.7. The molecule has 4 nitrogen and oxygen atoms in total. The van der Waals surface area contributed by atoms with Gasteiger partial charge in [-0.05, 0) is 19.9 Å². The molecule has 1 N–H and O–H groups in total. The van der Waals surface area contributed by atoms with Crippen molar-refractivity contribution >= 4 is 5.97 Å². The fourth-order valence-corrected chi connectivity index (χ4v) is 1.18. The van der Waals surface area contributed by atoms with E-state index >= 15 is 0 Å². The average Bonchev–Trinajstić information content (AvgIpc) is 2.23. The summed E-state index contributed by atoms with van der Waals surface area (Å²) in [7, 11) is 1.18. The first-order valence-electron chi connectivity index (χ1n) is 5.23. The molecule has 0 spiro atoms. The zero-order chi connectivity index (χ0) is 13.5. The van der Waals surface area contributed by atoms with E-state index in [9.17, 15) is 18.0 Å². The molecule has 102 valence electrons. The van der Waals surface area contributed by atoms with E-state index < -0.39 is 24.3 Å². The van der Waals surface area contributed by atoms with E-state index in [0.717, 1.165) is 6.42 Å². The Morgan fingerprint density at radius 2 is 1.88 bits per heavy atom. The Morgan fingerprint density at radius 1 is 1.29 bits per heavy atom. The second-order valence-electron chi connectivity index (χ2n) is 3.86. The van der Waals surface area contributed by atoms with Crippen LogP contribution in [0.3, 0.4) is 0 Å². The van der Waals surface area contributed by atoms with Gasteiger partial charge in [0.25, 0.3) is 0 Å². The van der Waals surface area contributed by atoms with Crippen molar-refractivity contribution in [1.82, 2.24) is 5.32 Å². The molecule has 0 heterocycles. The highest BCUT2D eigenvalue weighted by Gasteiger charge is 2.36. The maximum absolute atomic E-state index is 11.9. The van der Waals surface area contributed by atoms with Crippen LogP contribution in [-0.4, -0.2) is 44.6 Å². The topological polar surface area (TPSA) is 47.6 Å². The van der Waals surface area contributed by atoms with Crippen LogP contribution in [0.5, 0.6) is 0 Å². The van der Waals surface area contributed by atoms with Crippen molar-refractivity contribution in [3.63, 3.8) is 0 Å². The largest absolute Gasteiger partial charge is 0.468 e. The minimum Gasteiger partial charge on any atom is -0.468 e. The number of ether oxygens (including phenoxy) is 2. The van der Waals surface area contributed by atoms with Crippen LogP contribution in [0.25, 0.3) is 0 Å². The summed E-state index contributed by atoms with van der Waals surface area (Å²) in [6.07, 6.45) is -3.66. The Balaban J connectivity index is 4.34. The lowest BCUT2D eigenvalue weighted by Crippen LogP contribution is -2.54. The Kier molecular flexibility index (Phi) is 6.48. The van der Waals surface area contributed by atoms with Gasteiger partial charge < -0.3 is 14.8 Å². The quantitative estimate of drug-likeness (QED) is 0.702. The van der Waals surface area contributed by atoms with Crippen LogP contribution in [0.4, 0.5) is 13.2 Å². The summed E-state index contributed by atoms with van der Waals surface area (Å²) in [5, 5.41) is 2.82. The number of rotatable bonds is 7. The number of carbonyl (C=O) groups excluding carboxylic acids is 1. The summed E-state index contributed by atoms with van der Waals surface area (Å²) in [5.74, 6) is -0.645. The zero-order valence-corrected chi connectivity index (χ0v) is 10.2. The van der Waals surface area contributed by atoms with Crippen molar-refractivity contribution in [3.8, 4) is 0 Å². The van der Waals surface area contributed by atoms with Crippen molar-refractivity contribution in [3.05, 3.63) is 0 Å². The van der Waals surface area contributed by atoms with Crippen molar-refractivity contribution < 1.29 is 27.4 Å². The molecule has 0 aromatic rings. The Bertz CT molecular complexity index is 245. The Hall–Kier alpha value is -0.820. The molecule has 0 saturated heterocycles. The van der Waals surface area contributed by atoms with Gasteiger partial charge in [-0.15, -0.1) is 0 Å². The molecule has 1 atom stereocenters. The molecule has 1 unspecified atom stereocenters. The lowest BCUT2D eigenvalue weighted by molar-refractivity contribution is -0.182. The van der Waals surface area contributed by atoms with Gasteiger partial charge in [0.05, 0.1) is 13.7 Å². The Morgan fingerprint density at radius 3 is 2.29 bits per heavy atom. The van der Waals surface area contributed by atoms with Crippen molar-refractivity contribution in [2.45, 2.75) is 32.0 Å². The third-order valence-corrected chi connectivity index (χ3v) is 2.06. The Labute approximate surface area is 98.5 Å². The summed E-state index contributed by atoms with van der Waals surface area (Å²) >= 11 is 0. The van der Waals surface area contributed by atoms with Crippen molar-refractivity contribution in [2.75, 3.05) is 26.9 Å². The minimum atomic E-state index is -4.40. The molecular formula is C10H18F3NO3. The number of carbonyl (C=O) groups is 1. The normalized spacial score (nSPS) is 15.4. The van der Waals surface area contributed by atoms with Gasteiger partial charge in [0.2, 0.25) is 0 Å². The lowest BCUT2D eigenvalue weighted by Gasteiger charge is -2.27. The number of methoxy groups -OCH3 is 1. The molecule has 0 aliphatic heterocycles. The molecule has 0 fully saturated rings. The van der Waals surface area contributed by atoms with Gasteiger partial charge in [0, 0.05) is 0 Å². The van der Waals surface area contributed by atoms with E-state index in [2.05, 4.69) is 14.8 Å². The fraction of sp³-hybridized carbons (Fsp3) is 0.900. The van der Waals surface area contributed by atoms with Gasteiger partial charge in [-0.1, -0.05) is 6.92 Å². The summed E-state index contributed by atoms with van der Waals surface area (Å²) in [6, 6.07) is 0. The number of hydrogen-bond donors (Lipinski definition) is 1. The predicted octanol–water partition coefficient (Wildman–Crippen LogP) is 1.50. The minimum absolute atomic E-state index is 0.390. The van der Waals surface area contributed by atoms with Crippen LogP contribution in [0, 0.1) is 0 Å². The predicted molar refractivity (Wildman–Crippen MR) is 55.6 cm³/mol. The van der Waals surface area contributed by atoms with Crippen LogP contribution in [0.2, 0.25) is 0 Å². The van der Waals surface area contributed by atoms with Gasteiger partial charge in [-0.2, -0.15) is 13.2 Å². The van der Waals surface area contributed by atoms with E-state index in [1.807, 2.05) is 6.92 Å². The maximum Gasteiger partial charge on any atom is 0.411 e. The maximum atomic E-state index is 11.9. The average molecular weight is 257 g/mol. The van der Waals surface area contributed by atoms with Crippen LogP contribution < -0.4 is 5.32 Å². The number of esters is 1. The molecule has 7 heteroatoms. The first kappa shape index (κ1) is 16.2. The number of halogens is 3. The van der Waals surface area contributed by atoms with E-state index in [4.69, 9.17) is 0 Å². The molecule has 0 bridgehead atoms. The van der Waals surface area contributed by atoms with Gasteiger partial charge >= 0.3 is 12.1 Å². The standard InChI is InChI=1S/C10H18F3NO3/c1-4-5-14-9(2,8(15)16-3)6-17-7-10(11,12)13/h14H,4-7H2,1-3H3. The molecule has 0 aliphatic carbocycles. The van der Waals surface area contributed by atoms with Gasteiger partial charge in [0.1, 0.15) is 12.1 Å². The molecule has 17 heavy (non-hydrogen) atoms. The molecule has 0 aliphatic rings. The molecule has 0 saturated carbocycles. The molecule has 0 amide bonds. The van der Waals surface area contributed by atoms with Gasteiger partial charge in [-0.25, -0.2) is 4.79 Å². The molecule has 0 aromatic carbocycles. The van der Waals surface area contributed by atoms with E-state index in [1.165, 1.54) is 14.0 Å². The molecular weight excluding hydrogens is 239 g/mol. The number of nitrogens with one attached hydrogen (secondary N) is 1. The lowest BCUT2D eigenvalue weighted by atomic mass is 10.0. The van der Waals surface area contributed by atoms with Gasteiger partial charge in [0.15, 0.2) is 0 Å². The number of hydrogen-bond acceptors (Lipinski definition) is 4. The summed E-state index contributed by atoms with van der Waals surface area (Å²) in [4.78, 5) is 11.4. The third kappa shape index (κ3) is 6.48. The highest BCUT2D eigenvalue weighted by Crippen LogP contribution is 2.16. The monoisotopic (exact) mass is 257 g/mol. The number of alkyl halides is 3. The van der Waals surface area contributed by atoms with Crippen LogP contribution >= 0.6 is 0 Å². The van der Waals surface area contributed by atoms with Crippen LogP contribution in [0.15, 0.2) is 0 Å². The van der Waals surface area contributed by atoms with Crippen molar-refractivity contribution in [1.29, 1.82) is 0 Å². The second kappa shape index (κ2) is 6.80. The highest BCUT2D eigenvalue weighted by atomic mass is 19.4. The molecule has 0 rings (SSSR count). The highest BCUT2D eigenvalue weighted by molar-refractivity contribution is 5.80. The fourth-order valence-electron chi connectivity index (χ4n) is 1.18. The third-order valence-electron chi connectivity index (χ3n) is 2.06. The van der Waals surface area contributed by atoms with Crippen LogP contribution in [0.1, 0.15) is 20.3 Å². The van der Waals surface area contributed by atoms with Crippen molar-refractivity contribution in [2.24, 2.45) is 0 Å². The second-order valence-corrected chi connectivity index (χ2v) is 3.86. The summed E-state index contributed by atoms with van der Waals surface area (Å²) in [6.45, 7) is 2.04. The van der Waals surface area contributed by atoms with E-state index in [1.54, 1.807) is 0 Å². The first-order valence-corrected chi connectivity index (χ1v) is 5.23. The summed E-state index contributed by atoms with van der Waals surface area (Å²) in [5.41, 5.74) is -1.25.